The van der Waals surface area contributed by atoms with Crippen LogP contribution < -0.4 is 5.56 Å². The fourth-order valence-electron chi connectivity index (χ4n) is 2.84. The lowest BCUT2D eigenvalue weighted by molar-refractivity contribution is -0.132. The number of para-hydroxylation sites is 1. The maximum atomic E-state index is 12.8. The van der Waals surface area contributed by atoms with Crippen molar-refractivity contribution in [3.05, 3.63) is 75.3 Å². The van der Waals surface area contributed by atoms with E-state index in [-0.39, 0.29) is 30.5 Å². The summed E-state index contributed by atoms with van der Waals surface area (Å²) in [6, 6.07) is 14.4. The van der Waals surface area contributed by atoms with Crippen molar-refractivity contribution in [2.75, 3.05) is 0 Å². The average molecular weight is 370 g/mol. The van der Waals surface area contributed by atoms with Crippen LogP contribution in [0.4, 0.5) is 0 Å². The maximum Gasteiger partial charge on any atom is 0.258 e. The van der Waals surface area contributed by atoms with Gasteiger partial charge in [-0.15, -0.1) is 0 Å². The second-order valence-corrected chi connectivity index (χ2v) is 6.82. The Hall–Kier alpha value is -2.66. The molecule has 0 saturated carbocycles. The van der Waals surface area contributed by atoms with Crippen molar-refractivity contribution < 1.29 is 4.79 Å². The lowest BCUT2D eigenvalue weighted by atomic mass is 10.1. The first kappa shape index (κ1) is 18.1. The summed E-state index contributed by atoms with van der Waals surface area (Å²) in [5.41, 5.74) is 1.20. The third-order valence-corrected chi connectivity index (χ3v) is 4.59. The first-order chi connectivity index (χ1) is 12.5. The van der Waals surface area contributed by atoms with E-state index < -0.39 is 0 Å². The number of rotatable bonds is 5. The minimum atomic E-state index is -0.201. The molecule has 0 unspecified atom stereocenters. The van der Waals surface area contributed by atoms with Gasteiger partial charge in [-0.3, -0.25) is 9.59 Å². The van der Waals surface area contributed by atoms with E-state index in [1.54, 1.807) is 29.2 Å². The largest absolute Gasteiger partial charge is 0.333 e. The SMILES string of the molecule is CC(C)N(Cc1nc2ccccc2c(=O)[nH]1)C(=O)Cc1ccccc1Cl. The van der Waals surface area contributed by atoms with Crippen LogP contribution in [0, 0.1) is 0 Å². The fourth-order valence-corrected chi connectivity index (χ4v) is 3.04. The van der Waals surface area contributed by atoms with Gasteiger partial charge in [-0.2, -0.15) is 0 Å². The Bertz CT molecular complexity index is 998. The second kappa shape index (κ2) is 7.70. The Labute approximate surface area is 156 Å². The number of fused-ring (bicyclic) bond motifs is 1. The third kappa shape index (κ3) is 3.94. The summed E-state index contributed by atoms with van der Waals surface area (Å²) in [5.74, 6) is 0.402. The van der Waals surface area contributed by atoms with Crippen molar-refractivity contribution in [3.63, 3.8) is 0 Å². The molecule has 0 saturated heterocycles. The standard InChI is InChI=1S/C20H20ClN3O2/c1-13(2)24(19(25)11-14-7-3-5-9-16(14)21)12-18-22-17-10-6-4-8-15(17)20(26)23-18/h3-10,13H,11-12H2,1-2H3,(H,22,23,26). The van der Waals surface area contributed by atoms with Crippen LogP contribution in [0.15, 0.2) is 53.3 Å². The molecule has 0 fully saturated rings. The molecule has 0 aliphatic rings. The molecule has 1 aromatic heterocycles. The molecule has 0 spiro atoms. The molecule has 0 atom stereocenters. The zero-order valence-electron chi connectivity index (χ0n) is 14.7. The highest BCUT2D eigenvalue weighted by Crippen LogP contribution is 2.17. The van der Waals surface area contributed by atoms with Gasteiger partial charge in [0.25, 0.3) is 5.56 Å². The maximum absolute atomic E-state index is 12.8. The van der Waals surface area contributed by atoms with E-state index in [1.165, 1.54) is 0 Å². The van der Waals surface area contributed by atoms with Crippen LogP contribution in [0.3, 0.4) is 0 Å². The normalized spacial score (nSPS) is 11.1. The van der Waals surface area contributed by atoms with Gasteiger partial charge in [0.2, 0.25) is 5.91 Å². The number of halogens is 1. The first-order valence-corrected chi connectivity index (χ1v) is 8.84. The summed E-state index contributed by atoms with van der Waals surface area (Å²) in [7, 11) is 0. The van der Waals surface area contributed by atoms with Gasteiger partial charge in [0, 0.05) is 11.1 Å². The van der Waals surface area contributed by atoms with E-state index in [0.29, 0.717) is 21.7 Å². The van der Waals surface area contributed by atoms with E-state index >= 15 is 0 Å². The number of aromatic amines is 1. The number of carbonyl (C=O) groups excluding carboxylic acids is 1. The predicted octanol–water partition coefficient (Wildman–Crippen LogP) is 3.56. The van der Waals surface area contributed by atoms with Crippen molar-refractivity contribution in [2.45, 2.75) is 32.9 Å². The molecule has 1 heterocycles. The summed E-state index contributed by atoms with van der Waals surface area (Å²) in [5, 5.41) is 1.11. The summed E-state index contributed by atoms with van der Waals surface area (Å²) in [4.78, 5) is 34.0. The molecule has 0 aliphatic carbocycles. The van der Waals surface area contributed by atoms with Crippen LogP contribution in [-0.4, -0.2) is 26.8 Å². The van der Waals surface area contributed by atoms with Crippen LogP contribution in [0.25, 0.3) is 10.9 Å². The Morgan fingerprint density at radius 2 is 1.85 bits per heavy atom. The van der Waals surface area contributed by atoms with Crippen molar-refractivity contribution in [2.24, 2.45) is 0 Å². The quantitative estimate of drug-likeness (QED) is 0.747. The lowest BCUT2D eigenvalue weighted by Gasteiger charge is -2.26. The number of H-pyrrole nitrogens is 1. The Kier molecular flexibility index (Phi) is 5.38. The van der Waals surface area contributed by atoms with E-state index in [1.807, 2.05) is 38.1 Å². The minimum Gasteiger partial charge on any atom is -0.333 e. The molecule has 134 valence electrons. The first-order valence-electron chi connectivity index (χ1n) is 8.46. The zero-order valence-corrected chi connectivity index (χ0v) is 15.5. The molecule has 0 radical (unpaired) electrons. The number of amides is 1. The minimum absolute atomic E-state index is 0.0400. The van der Waals surface area contributed by atoms with Gasteiger partial charge >= 0.3 is 0 Å². The molecule has 0 bridgehead atoms. The van der Waals surface area contributed by atoms with E-state index in [4.69, 9.17) is 11.6 Å². The topological polar surface area (TPSA) is 66.1 Å². The van der Waals surface area contributed by atoms with Crippen molar-refractivity contribution in [1.29, 1.82) is 0 Å². The number of nitrogens with one attached hydrogen (secondary N) is 1. The molecule has 5 nitrogen and oxygen atoms in total. The molecule has 6 heteroatoms. The molecule has 3 aromatic rings. The fraction of sp³-hybridized carbons (Fsp3) is 0.250. The number of aromatic nitrogens is 2. The number of nitrogens with zero attached hydrogens (tertiary/aromatic N) is 2. The van der Waals surface area contributed by atoms with E-state index in [9.17, 15) is 9.59 Å². The van der Waals surface area contributed by atoms with Gasteiger partial charge in [0.15, 0.2) is 0 Å². The van der Waals surface area contributed by atoms with Crippen molar-refractivity contribution in [1.82, 2.24) is 14.9 Å². The Morgan fingerprint density at radius 3 is 2.58 bits per heavy atom. The smallest absolute Gasteiger partial charge is 0.258 e. The predicted molar refractivity (Wildman–Crippen MR) is 103 cm³/mol. The molecular weight excluding hydrogens is 350 g/mol. The monoisotopic (exact) mass is 369 g/mol. The molecule has 0 aliphatic heterocycles. The van der Waals surface area contributed by atoms with Crippen LogP contribution in [0.2, 0.25) is 5.02 Å². The molecule has 26 heavy (non-hydrogen) atoms. The van der Waals surface area contributed by atoms with Gasteiger partial charge in [-0.1, -0.05) is 41.9 Å². The van der Waals surface area contributed by atoms with Gasteiger partial charge in [-0.25, -0.2) is 4.98 Å². The van der Waals surface area contributed by atoms with Gasteiger partial charge in [0.05, 0.1) is 23.9 Å². The number of carbonyl (C=O) groups is 1. The number of benzene rings is 2. The lowest BCUT2D eigenvalue weighted by Crippen LogP contribution is -2.38. The van der Waals surface area contributed by atoms with Crippen LogP contribution in [0.1, 0.15) is 25.2 Å². The van der Waals surface area contributed by atoms with Crippen LogP contribution in [-0.2, 0) is 17.8 Å². The summed E-state index contributed by atoms with van der Waals surface area (Å²) in [6.45, 7) is 4.11. The Morgan fingerprint density at radius 1 is 1.15 bits per heavy atom. The molecule has 1 N–H and O–H groups in total. The number of hydrogen-bond donors (Lipinski definition) is 1. The van der Waals surface area contributed by atoms with E-state index in [2.05, 4.69) is 9.97 Å². The zero-order chi connectivity index (χ0) is 18.7. The molecule has 1 amide bonds. The summed E-state index contributed by atoms with van der Waals surface area (Å²) in [6.07, 6.45) is 0.204. The highest BCUT2D eigenvalue weighted by molar-refractivity contribution is 6.31. The average Bonchev–Trinajstić information content (AvgIpc) is 2.61. The third-order valence-electron chi connectivity index (χ3n) is 4.23. The van der Waals surface area contributed by atoms with Gasteiger partial charge < -0.3 is 9.88 Å². The van der Waals surface area contributed by atoms with E-state index in [0.717, 1.165) is 5.56 Å². The number of hydrogen-bond acceptors (Lipinski definition) is 3. The summed E-state index contributed by atoms with van der Waals surface area (Å²) < 4.78 is 0. The summed E-state index contributed by atoms with van der Waals surface area (Å²) >= 11 is 6.17. The van der Waals surface area contributed by atoms with Crippen LogP contribution in [0.5, 0.6) is 0 Å². The highest BCUT2D eigenvalue weighted by atomic mass is 35.5. The van der Waals surface area contributed by atoms with Crippen LogP contribution >= 0.6 is 11.6 Å². The second-order valence-electron chi connectivity index (χ2n) is 6.41. The molecule has 2 aromatic carbocycles. The highest BCUT2D eigenvalue weighted by Gasteiger charge is 2.20. The molecule has 3 rings (SSSR count). The molecular formula is C20H20ClN3O2. The van der Waals surface area contributed by atoms with Gasteiger partial charge in [0.1, 0.15) is 5.82 Å². The van der Waals surface area contributed by atoms with Crippen molar-refractivity contribution >= 4 is 28.4 Å². The van der Waals surface area contributed by atoms with Crippen molar-refractivity contribution in [3.8, 4) is 0 Å². The Balaban J connectivity index is 1.86. The van der Waals surface area contributed by atoms with Gasteiger partial charge in [-0.05, 0) is 37.6 Å².